The Bertz CT molecular complexity index is 1740. The van der Waals surface area contributed by atoms with Crippen LogP contribution in [0.5, 0.6) is 0 Å². The minimum atomic E-state index is -0.803. The summed E-state index contributed by atoms with van der Waals surface area (Å²) in [5.41, 5.74) is 0. The zero-order chi connectivity index (χ0) is 56.2. The van der Waals surface area contributed by atoms with Gasteiger partial charge in [0.2, 0.25) is 0 Å². The second-order valence-corrected chi connectivity index (χ2v) is 20.4. The summed E-state index contributed by atoms with van der Waals surface area (Å²) >= 11 is 0. The standard InChI is InChI=1S/C73H116O5/c1-3-5-7-9-11-13-15-17-19-21-23-25-27-29-31-33-35-36-38-39-41-43-45-47-49-51-53-55-57-59-61-63-65-67-72(75)77-70-71(69-74)78-73(76)68-66-64-62-60-58-56-54-52-50-48-46-44-42-40-37-34-32-30-28-26-24-22-20-18-16-14-12-10-8-6-4-2/h5-8,11-14,17-20,23-26,29-32,37,40,44,46,50,52,56,58,71,74H,3-4,9-10,15-16,21-22,27-28,33-36,38-39,41-43,45,47-49,51,53-55,57,59-70H2,1-2H3/b7-5-,8-6-,13-11-,14-12-,19-17-,20-18-,25-23-,26-24-,31-29-,32-30-,40-37-,46-44-,52-50-,58-56-. The van der Waals surface area contributed by atoms with Crippen LogP contribution < -0.4 is 0 Å². The molecule has 0 aliphatic carbocycles. The number of hydrogen-bond donors (Lipinski definition) is 1. The van der Waals surface area contributed by atoms with E-state index in [2.05, 4.69) is 184 Å². The average Bonchev–Trinajstić information content (AvgIpc) is 3.44. The fourth-order valence-corrected chi connectivity index (χ4v) is 8.34. The first kappa shape index (κ1) is 73.3. The van der Waals surface area contributed by atoms with Crippen molar-refractivity contribution in [3.63, 3.8) is 0 Å². The van der Waals surface area contributed by atoms with Gasteiger partial charge in [0.25, 0.3) is 0 Å². The van der Waals surface area contributed by atoms with Crippen LogP contribution in [0.15, 0.2) is 170 Å². The maximum absolute atomic E-state index is 12.3. The molecule has 0 saturated heterocycles. The van der Waals surface area contributed by atoms with Crippen LogP contribution in [0.1, 0.15) is 258 Å². The number of rotatable bonds is 56. The number of ether oxygens (including phenoxy) is 2. The quantitative estimate of drug-likeness (QED) is 0.0373. The molecule has 1 atom stereocenters. The highest BCUT2D eigenvalue weighted by molar-refractivity contribution is 5.70. The van der Waals surface area contributed by atoms with Crippen LogP contribution in [-0.4, -0.2) is 36.4 Å². The van der Waals surface area contributed by atoms with Gasteiger partial charge in [-0.3, -0.25) is 9.59 Å². The van der Waals surface area contributed by atoms with Crippen molar-refractivity contribution in [3.8, 4) is 0 Å². The van der Waals surface area contributed by atoms with E-state index in [-0.39, 0.29) is 25.2 Å². The Morgan fingerprint density at radius 2 is 0.513 bits per heavy atom. The van der Waals surface area contributed by atoms with Crippen molar-refractivity contribution in [2.24, 2.45) is 0 Å². The molecule has 0 heterocycles. The second kappa shape index (κ2) is 66.5. The number of aliphatic hydroxyl groups is 1. The van der Waals surface area contributed by atoms with Crippen LogP contribution in [0.3, 0.4) is 0 Å². The molecule has 0 saturated carbocycles. The SMILES string of the molecule is CC/C=C\C/C=C\C/C=C\C/C=C\C/C=C\C/C=C\C/C=C\C/C=C\C/C=C\CCCCCC(=O)OC(CO)COC(=O)CCCCCCCCCCCCCCCCCCC/C=C\C/C=C\C/C=C\C/C=C\C/C=C\CC. The van der Waals surface area contributed by atoms with E-state index in [1.54, 1.807) is 0 Å². The summed E-state index contributed by atoms with van der Waals surface area (Å²) in [6, 6.07) is 0. The lowest BCUT2D eigenvalue weighted by Crippen LogP contribution is -2.28. The van der Waals surface area contributed by atoms with Gasteiger partial charge in [0.15, 0.2) is 6.10 Å². The van der Waals surface area contributed by atoms with Crippen LogP contribution in [-0.2, 0) is 19.1 Å². The molecule has 0 aromatic carbocycles. The van der Waals surface area contributed by atoms with Crippen LogP contribution in [0.25, 0.3) is 0 Å². The normalized spacial score (nSPS) is 13.4. The smallest absolute Gasteiger partial charge is 0.306 e. The van der Waals surface area contributed by atoms with E-state index < -0.39 is 6.10 Å². The van der Waals surface area contributed by atoms with Gasteiger partial charge in [-0.05, 0) is 128 Å². The Morgan fingerprint density at radius 3 is 0.782 bits per heavy atom. The molecule has 0 aliphatic rings. The Hall–Kier alpha value is -4.74. The van der Waals surface area contributed by atoms with Crippen LogP contribution >= 0.6 is 0 Å². The molecule has 5 heteroatoms. The molecule has 0 rings (SSSR count). The molecule has 0 spiro atoms. The first-order chi connectivity index (χ1) is 38.6. The van der Waals surface area contributed by atoms with Crippen molar-refractivity contribution >= 4 is 11.9 Å². The van der Waals surface area contributed by atoms with Crippen molar-refractivity contribution in [1.29, 1.82) is 0 Å². The molecule has 78 heavy (non-hydrogen) atoms. The number of allylic oxidation sites excluding steroid dienone is 28. The van der Waals surface area contributed by atoms with Crippen molar-refractivity contribution < 1.29 is 24.2 Å². The van der Waals surface area contributed by atoms with E-state index in [1.807, 2.05) is 0 Å². The summed E-state index contributed by atoms with van der Waals surface area (Å²) in [5.74, 6) is -0.635. The predicted molar refractivity (Wildman–Crippen MR) is 343 cm³/mol. The van der Waals surface area contributed by atoms with E-state index in [0.29, 0.717) is 12.8 Å². The zero-order valence-electron chi connectivity index (χ0n) is 50.1. The minimum absolute atomic E-state index is 0.0889. The lowest BCUT2D eigenvalue weighted by Gasteiger charge is -2.15. The molecule has 0 aromatic heterocycles. The molecule has 5 nitrogen and oxygen atoms in total. The lowest BCUT2D eigenvalue weighted by molar-refractivity contribution is -0.161. The molecule has 1 N–H and O–H groups in total. The van der Waals surface area contributed by atoms with E-state index in [4.69, 9.17) is 9.47 Å². The third-order valence-electron chi connectivity index (χ3n) is 13.0. The average molecular weight is 1070 g/mol. The number of unbranched alkanes of at least 4 members (excludes halogenated alkanes) is 20. The van der Waals surface area contributed by atoms with Gasteiger partial charge in [0.1, 0.15) is 6.61 Å². The fraction of sp³-hybridized carbons (Fsp3) is 0.589. The molecule has 0 bridgehead atoms. The second-order valence-electron chi connectivity index (χ2n) is 20.4. The fourth-order valence-electron chi connectivity index (χ4n) is 8.34. The van der Waals surface area contributed by atoms with Crippen molar-refractivity contribution in [2.75, 3.05) is 13.2 Å². The molecule has 0 fully saturated rings. The highest BCUT2D eigenvalue weighted by Crippen LogP contribution is 2.16. The van der Waals surface area contributed by atoms with Crippen molar-refractivity contribution in [2.45, 2.75) is 264 Å². The minimum Gasteiger partial charge on any atom is -0.462 e. The summed E-state index contributed by atoms with van der Waals surface area (Å²) < 4.78 is 10.7. The Labute approximate surface area is 481 Å². The zero-order valence-corrected chi connectivity index (χ0v) is 50.1. The topological polar surface area (TPSA) is 72.8 Å². The van der Waals surface area contributed by atoms with Gasteiger partial charge in [-0.15, -0.1) is 0 Å². The maximum atomic E-state index is 12.3. The number of carbonyl (C=O) groups is 2. The number of hydrogen-bond acceptors (Lipinski definition) is 5. The van der Waals surface area contributed by atoms with Gasteiger partial charge < -0.3 is 14.6 Å². The van der Waals surface area contributed by atoms with E-state index >= 15 is 0 Å². The van der Waals surface area contributed by atoms with Gasteiger partial charge in [0, 0.05) is 12.8 Å². The number of esters is 2. The summed E-state index contributed by atoms with van der Waals surface area (Å²) in [5, 5.41) is 9.68. The van der Waals surface area contributed by atoms with E-state index in [1.165, 1.54) is 96.3 Å². The van der Waals surface area contributed by atoms with Crippen LogP contribution in [0.4, 0.5) is 0 Å². The van der Waals surface area contributed by atoms with E-state index in [9.17, 15) is 14.7 Å². The van der Waals surface area contributed by atoms with Gasteiger partial charge in [-0.1, -0.05) is 287 Å². The molecule has 0 aromatic rings. The van der Waals surface area contributed by atoms with Gasteiger partial charge in [-0.25, -0.2) is 0 Å². The largest absolute Gasteiger partial charge is 0.462 e. The van der Waals surface area contributed by atoms with Crippen molar-refractivity contribution in [1.82, 2.24) is 0 Å². The van der Waals surface area contributed by atoms with Gasteiger partial charge in [-0.2, -0.15) is 0 Å². The van der Waals surface area contributed by atoms with Crippen LogP contribution in [0.2, 0.25) is 0 Å². The van der Waals surface area contributed by atoms with Crippen LogP contribution in [0, 0.1) is 0 Å². The third kappa shape index (κ3) is 63.8. The highest BCUT2D eigenvalue weighted by atomic mass is 16.6. The molecular formula is C73H116O5. The van der Waals surface area contributed by atoms with Crippen molar-refractivity contribution in [3.05, 3.63) is 170 Å². The monoisotopic (exact) mass is 1070 g/mol. The first-order valence-electron chi connectivity index (χ1n) is 31.7. The molecule has 438 valence electrons. The number of aliphatic hydroxyl groups excluding tert-OH is 1. The third-order valence-corrected chi connectivity index (χ3v) is 13.0. The Balaban J connectivity index is 3.59. The molecule has 1 unspecified atom stereocenters. The van der Waals surface area contributed by atoms with Gasteiger partial charge in [0.05, 0.1) is 6.61 Å². The first-order valence-corrected chi connectivity index (χ1v) is 31.7. The Morgan fingerprint density at radius 1 is 0.295 bits per heavy atom. The summed E-state index contributed by atoms with van der Waals surface area (Å²) in [6.45, 7) is 3.89. The summed E-state index contributed by atoms with van der Waals surface area (Å²) in [7, 11) is 0. The maximum Gasteiger partial charge on any atom is 0.306 e. The summed E-state index contributed by atoms with van der Waals surface area (Å²) in [6.07, 6.45) is 103. The van der Waals surface area contributed by atoms with Gasteiger partial charge >= 0.3 is 11.9 Å². The molecule has 0 amide bonds. The highest BCUT2D eigenvalue weighted by Gasteiger charge is 2.16. The molecule has 0 aliphatic heterocycles. The molecular weight excluding hydrogens is 957 g/mol. The predicted octanol–water partition coefficient (Wildman–Crippen LogP) is 22.1. The summed E-state index contributed by atoms with van der Waals surface area (Å²) in [4.78, 5) is 24.6. The lowest BCUT2D eigenvalue weighted by atomic mass is 10.0. The Kier molecular flexibility index (Phi) is 62.5. The molecule has 0 radical (unpaired) electrons. The number of carbonyl (C=O) groups excluding carboxylic acids is 2. The van der Waals surface area contributed by atoms with E-state index in [0.717, 1.165) is 135 Å².